The fourth-order valence-corrected chi connectivity index (χ4v) is 3.09. The Labute approximate surface area is 156 Å². The highest BCUT2D eigenvalue weighted by atomic mass is 35.5. The number of methoxy groups -OCH3 is 1. The molecule has 2 aromatic carbocycles. The Hall–Kier alpha value is -2.73. The predicted octanol–water partition coefficient (Wildman–Crippen LogP) is 3.49. The smallest absolute Gasteiger partial charge is 0.256 e. The summed E-state index contributed by atoms with van der Waals surface area (Å²) in [6.45, 7) is 2.44. The van der Waals surface area contributed by atoms with Crippen molar-refractivity contribution in [1.82, 2.24) is 0 Å². The zero-order valence-electron chi connectivity index (χ0n) is 14.5. The van der Waals surface area contributed by atoms with Crippen molar-refractivity contribution < 1.29 is 19.1 Å². The number of amides is 2. The Balaban J connectivity index is 1.75. The monoisotopic (exact) mass is 374 g/mol. The molecule has 2 aromatic rings. The summed E-state index contributed by atoms with van der Waals surface area (Å²) in [5, 5.41) is 3.50. The summed E-state index contributed by atoms with van der Waals surface area (Å²) in [5.74, 6) is 0.683. The number of rotatable bonds is 6. The molecule has 1 aliphatic heterocycles. The zero-order chi connectivity index (χ0) is 18.7. The van der Waals surface area contributed by atoms with Crippen LogP contribution in [0, 0.1) is 0 Å². The molecular formula is C19H19ClN2O4. The lowest BCUT2D eigenvalue weighted by molar-refractivity contribution is -0.121. The first-order chi connectivity index (χ1) is 12.5. The van der Waals surface area contributed by atoms with Crippen molar-refractivity contribution >= 4 is 34.8 Å². The second kappa shape index (κ2) is 7.66. The zero-order valence-corrected chi connectivity index (χ0v) is 15.2. The summed E-state index contributed by atoms with van der Waals surface area (Å²) in [5.41, 5.74) is 1.18. The second-order valence-corrected chi connectivity index (χ2v) is 6.15. The molecular weight excluding hydrogens is 356 g/mol. The Morgan fingerprint density at radius 1 is 1.19 bits per heavy atom. The highest BCUT2D eigenvalue weighted by molar-refractivity contribution is 6.32. The minimum absolute atomic E-state index is 0.0791. The molecule has 0 radical (unpaired) electrons. The molecule has 1 fully saturated rings. The first-order valence-electron chi connectivity index (χ1n) is 8.23. The maximum atomic E-state index is 12.7. The Kier molecular flexibility index (Phi) is 5.32. The molecule has 0 bridgehead atoms. The number of ether oxygens (including phenoxy) is 2. The van der Waals surface area contributed by atoms with Gasteiger partial charge in [0.1, 0.15) is 17.5 Å². The summed E-state index contributed by atoms with van der Waals surface area (Å²) >= 11 is 6.11. The van der Waals surface area contributed by atoms with Crippen LogP contribution in [0.5, 0.6) is 11.5 Å². The number of hydrogen-bond acceptors (Lipinski definition) is 5. The van der Waals surface area contributed by atoms with Crippen LogP contribution in [0.25, 0.3) is 0 Å². The number of nitrogens with zero attached hydrogens (tertiary/aromatic N) is 1. The molecule has 1 N–H and O–H groups in total. The van der Waals surface area contributed by atoms with Crippen LogP contribution in [0.4, 0.5) is 11.4 Å². The van der Waals surface area contributed by atoms with Gasteiger partial charge in [-0.05, 0) is 49.4 Å². The molecule has 2 amide bonds. The molecule has 0 unspecified atom stereocenters. The van der Waals surface area contributed by atoms with Crippen LogP contribution < -0.4 is 19.7 Å². The van der Waals surface area contributed by atoms with E-state index in [1.165, 1.54) is 12.0 Å². The molecule has 3 rings (SSSR count). The van der Waals surface area contributed by atoms with E-state index in [4.69, 9.17) is 21.1 Å². The van der Waals surface area contributed by atoms with Gasteiger partial charge >= 0.3 is 0 Å². The SMILES string of the molecule is CCOc1ccc(N2C(=O)C[C@H](Nc3ccc(OC)c(Cl)c3)C2=O)cc1. The third-order valence-electron chi connectivity index (χ3n) is 4.05. The highest BCUT2D eigenvalue weighted by Gasteiger charge is 2.39. The molecule has 1 heterocycles. The van der Waals surface area contributed by atoms with Crippen molar-refractivity contribution in [3.8, 4) is 11.5 Å². The summed E-state index contributed by atoms with van der Waals surface area (Å²) in [4.78, 5) is 26.2. The lowest BCUT2D eigenvalue weighted by Gasteiger charge is -2.17. The normalized spacial score (nSPS) is 16.7. The Morgan fingerprint density at radius 2 is 1.92 bits per heavy atom. The third-order valence-corrected chi connectivity index (χ3v) is 4.34. The van der Waals surface area contributed by atoms with Gasteiger partial charge in [0.25, 0.3) is 5.91 Å². The minimum atomic E-state index is -0.640. The molecule has 0 saturated carbocycles. The van der Waals surface area contributed by atoms with Crippen molar-refractivity contribution in [3.05, 3.63) is 47.5 Å². The van der Waals surface area contributed by atoms with E-state index < -0.39 is 6.04 Å². The van der Waals surface area contributed by atoms with Gasteiger partial charge < -0.3 is 14.8 Å². The van der Waals surface area contributed by atoms with Gasteiger partial charge in [0.15, 0.2) is 0 Å². The van der Waals surface area contributed by atoms with Crippen LogP contribution in [0.2, 0.25) is 5.02 Å². The van der Waals surface area contributed by atoms with Gasteiger partial charge in [0.05, 0.1) is 30.8 Å². The maximum absolute atomic E-state index is 12.7. The minimum Gasteiger partial charge on any atom is -0.495 e. The molecule has 0 aliphatic carbocycles. The van der Waals surface area contributed by atoms with E-state index in [9.17, 15) is 9.59 Å². The lowest BCUT2D eigenvalue weighted by atomic mass is 10.2. The van der Waals surface area contributed by atoms with E-state index in [2.05, 4.69) is 5.32 Å². The van der Waals surface area contributed by atoms with Gasteiger partial charge in [-0.1, -0.05) is 11.6 Å². The highest BCUT2D eigenvalue weighted by Crippen LogP contribution is 2.30. The van der Waals surface area contributed by atoms with E-state index in [0.29, 0.717) is 34.5 Å². The molecule has 7 heteroatoms. The van der Waals surface area contributed by atoms with E-state index in [0.717, 1.165) is 0 Å². The summed E-state index contributed by atoms with van der Waals surface area (Å²) in [6.07, 6.45) is 0.0791. The number of nitrogens with one attached hydrogen (secondary N) is 1. The number of benzene rings is 2. The summed E-state index contributed by atoms with van der Waals surface area (Å²) in [7, 11) is 1.53. The van der Waals surface area contributed by atoms with Crippen molar-refractivity contribution in [2.45, 2.75) is 19.4 Å². The van der Waals surface area contributed by atoms with Crippen LogP contribution in [-0.4, -0.2) is 31.6 Å². The summed E-state index contributed by atoms with van der Waals surface area (Å²) in [6, 6.07) is 11.4. The molecule has 0 spiro atoms. The number of anilines is 2. The lowest BCUT2D eigenvalue weighted by Crippen LogP contribution is -2.34. The van der Waals surface area contributed by atoms with Crippen molar-refractivity contribution in [1.29, 1.82) is 0 Å². The van der Waals surface area contributed by atoms with E-state index in [1.54, 1.807) is 42.5 Å². The number of hydrogen-bond donors (Lipinski definition) is 1. The van der Waals surface area contributed by atoms with E-state index >= 15 is 0 Å². The molecule has 1 atom stereocenters. The first-order valence-corrected chi connectivity index (χ1v) is 8.61. The van der Waals surface area contributed by atoms with Gasteiger partial charge in [-0.15, -0.1) is 0 Å². The largest absolute Gasteiger partial charge is 0.495 e. The van der Waals surface area contributed by atoms with Crippen molar-refractivity contribution in [3.63, 3.8) is 0 Å². The van der Waals surface area contributed by atoms with E-state index in [1.807, 2.05) is 6.92 Å². The molecule has 26 heavy (non-hydrogen) atoms. The van der Waals surface area contributed by atoms with Gasteiger partial charge in [-0.25, -0.2) is 4.90 Å². The Morgan fingerprint density at radius 3 is 2.54 bits per heavy atom. The average Bonchev–Trinajstić information content (AvgIpc) is 2.90. The molecule has 1 aliphatic rings. The Bertz CT molecular complexity index is 823. The van der Waals surface area contributed by atoms with Gasteiger partial charge in [0.2, 0.25) is 5.91 Å². The number of imide groups is 1. The van der Waals surface area contributed by atoms with Crippen molar-refractivity contribution in [2.24, 2.45) is 0 Å². The van der Waals surface area contributed by atoms with Crippen LogP contribution in [0.3, 0.4) is 0 Å². The van der Waals surface area contributed by atoms with Gasteiger partial charge in [-0.3, -0.25) is 9.59 Å². The molecule has 136 valence electrons. The van der Waals surface area contributed by atoms with Gasteiger partial charge in [-0.2, -0.15) is 0 Å². The standard InChI is InChI=1S/C19H19ClN2O4/c1-3-26-14-7-5-13(6-8-14)22-18(23)11-16(19(22)24)21-12-4-9-17(25-2)15(20)10-12/h4-10,16,21H,3,11H2,1-2H3/t16-/m0/s1. The topological polar surface area (TPSA) is 67.9 Å². The fourth-order valence-electron chi connectivity index (χ4n) is 2.83. The quantitative estimate of drug-likeness (QED) is 0.784. The van der Waals surface area contributed by atoms with Crippen molar-refractivity contribution in [2.75, 3.05) is 23.9 Å². The third kappa shape index (κ3) is 3.60. The van der Waals surface area contributed by atoms with Crippen LogP contribution >= 0.6 is 11.6 Å². The van der Waals surface area contributed by atoms with Gasteiger partial charge in [0, 0.05) is 5.69 Å². The van der Waals surface area contributed by atoms with Crippen LogP contribution in [-0.2, 0) is 9.59 Å². The molecule has 6 nitrogen and oxygen atoms in total. The number of halogens is 1. The maximum Gasteiger partial charge on any atom is 0.256 e. The number of carbonyl (C=O) groups is 2. The van der Waals surface area contributed by atoms with E-state index in [-0.39, 0.29) is 18.2 Å². The number of carbonyl (C=O) groups excluding carboxylic acids is 2. The van der Waals surface area contributed by atoms with Crippen LogP contribution in [0.1, 0.15) is 13.3 Å². The second-order valence-electron chi connectivity index (χ2n) is 5.74. The first kappa shape index (κ1) is 18.1. The fraction of sp³-hybridized carbons (Fsp3) is 0.263. The molecule has 1 saturated heterocycles. The molecule has 0 aromatic heterocycles. The summed E-state index contributed by atoms with van der Waals surface area (Å²) < 4.78 is 10.5. The van der Waals surface area contributed by atoms with Crippen LogP contribution in [0.15, 0.2) is 42.5 Å². The average molecular weight is 375 g/mol. The predicted molar refractivity (Wildman–Crippen MR) is 100 cm³/mol.